The number of aromatic nitrogens is 2. The zero-order valence-corrected chi connectivity index (χ0v) is 16.9. The molecule has 29 heavy (non-hydrogen) atoms. The van der Waals surface area contributed by atoms with Crippen molar-refractivity contribution < 1.29 is 47.2 Å². The van der Waals surface area contributed by atoms with E-state index in [1.165, 1.54) is 12.3 Å². The highest BCUT2D eigenvalue weighted by Crippen LogP contribution is 2.60. The van der Waals surface area contributed by atoms with Crippen LogP contribution in [0.3, 0.4) is 0 Å². The van der Waals surface area contributed by atoms with Crippen LogP contribution in [0.5, 0.6) is 0 Å². The summed E-state index contributed by atoms with van der Waals surface area (Å²) in [4.78, 5) is 34.3. The van der Waals surface area contributed by atoms with E-state index in [0.717, 1.165) is 4.57 Å². The van der Waals surface area contributed by atoms with Gasteiger partial charge in [-0.05, 0) is 13.1 Å². The topological polar surface area (TPSA) is 225 Å². The molecule has 6 atom stereocenters. The lowest BCUT2D eigenvalue weighted by atomic mass is 10.1. The molecule has 1 aliphatic heterocycles. The SMILES string of the molecule is CNCCOP(=O)(O)OP(=O)(O)OCC1OC(n2ccc(N)nc2=O)C(O)C1O. The molecular weight excluding hydrogens is 438 g/mol. The van der Waals surface area contributed by atoms with E-state index in [1.54, 1.807) is 7.05 Å². The number of ether oxygens (including phenoxy) is 1. The van der Waals surface area contributed by atoms with Gasteiger partial charge in [0.05, 0.1) is 13.2 Å². The minimum absolute atomic E-state index is 0.0668. The van der Waals surface area contributed by atoms with E-state index < -0.39 is 52.5 Å². The Kier molecular flexibility index (Phi) is 8.07. The van der Waals surface area contributed by atoms with Gasteiger partial charge in [-0.3, -0.25) is 13.6 Å². The maximum absolute atomic E-state index is 11.9. The molecule has 2 heterocycles. The van der Waals surface area contributed by atoms with Crippen molar-refractivity contribution in [1.82, 2.24) is 14.9 Å². The molecule has 1 saturated heterocycles. The summed E-state index contributed by atoms with van der Waals surface area (Å²) in [5, 5.41) is 22.8. The molecule has 0 spiro atoms. The Morgan fingerprint density at radius 1 is 1.28 bits per heavy atom. The lowest BCUT2D eigenvalue weighted by molar-refractivity contribution is -0.0542. The number of nitrogens with two attached hydrogens (primary N) is 1. The molecule has 1 aliphatic rings. The van der Waals surface area contributed by atoms with Crippen LogP contribution in [-0.2, 0) is 27.2 Å². The van der Waals surface area contributed by atoms with Crippen molar-refractivity contribution in [3.8, 4) is 0 Å². The Balaban J connectivity index is 1.98. The van der Waals surface area contributed by atoms with Crippen LogP contribution in [-0.4, -0.2) is 74.7 Å². The number of aliphatic hydroxyl groups excluding tert-OH is 2. The van der Waals surface area contributed by atoms with E-state index in [2.05, 4.69) is 23.7 Å². The van der Waals surface area contributed by atoms with E-state index in [4.69, 9.17) is 10.5 Å². The first-order valence-electron chi connectivity index (χ1n) is 8.12. The highest BCUT2D eigenvalue weighted by atomic mass is 31.3. The predicted molar refractivity (Wildman–Crippen MR) is 95.4 cm³/mol. The van der Waals surface area contributed by atoms with Crippen LogP contribution in [0.15, 0.2) is 17.1 Å². The van der Waals surface area contributed by atoms with E-state index >= 15 is 0 Å². The summed E-state index contributed by atoms with van der Waals surface area (Å²) in [7, 11) is -8.45. The Hall–Kier alpha value is -1.22. The standard InChI is InChI=1S/C12H22N4O11P2/c1-14-3-5-24-28(20,21)27-29(22,23)25-6-7-9(17)10(18)11(26-7)16-4-2-8(13)15-12(16)19/h2,4,7,9-11,14,17-18H,3,5-6H2,1H3,(H,20,21)(H,22,23)(H2,13,15,19). The van der Waals surface area contributed by atoms with E-state index in [9.17, 15) is 33.9 Å². The smallest absolute Gasteiger partial charge is 0.387 e. The molecule has 1 aromatic rings. The van der Waals surface area contributed by atoms with Crippen LogP contribution in [0.1, 0.15) is 6.23 Å². The van der Waals surface area contributed by atoms with E-state index in [-0.39, 0.29) is 19.0 Å². The fraction of sp³-hybridized carbons (Fsp3) is 0.667. The van der Waals surface area contributed by atoms with Gasteiger partial charge in [0.15, 0.2) is 6.23 Å². The van der Waals surface area contributed by atoms with Gasteiger partial charge in [0.25, 0.3) is 0 Å². The number of hydrogen-bond acceptors (Lipinski definition) is 12. The normalized spacial score (nSPS) is 28.7. The third-order valence-corrected chi connectivity index (χ3v) is 6.31. The molecule has 0 aromatic carbocycles. The van der Waals surface area contributed by atoms with Crippen LogP contribution < -0.4 is 16.7 Å². The average Bonchev–Trinajstić information content (AvgIpc) is 2.87. The molecule has 0 radical (unpaired) electrons. The predicted octanol–water partition coefficient (Wildman–Crippen LogP) is -2.09. The molecule has 0 bridgehead atoms. The summed E-state index contributed by atoms with van der Waals surface area (Å²) in [6, 6.07) is 1.26. The summed E-state index contributed by atoms with van der Waals surface area (Å²) >= 11 is 0. The summed E-state index contributed by atoms with van der Waals surface area (Å²) in [6.45, 7) is -0.936. The van der Waals surface area contributed by atoms with Crippen LogP contribution in [0.2, 0.25) is 0 Å². The highest BCUT2D eigenvalue weighted by molar-refractivity contribution is 7.61. The van der Waals surface area contributed by atoms with Crippen molar-refractivity contribution in [1.29, 1.82) is 0 Å². The first kappa shape index (κ1) is 24.1. The molecule has 6 unspecified atom stereocenters. The first-order chi connectivity index (χ1) is 13.5. The van der Waals surface area contributed by atoms with Crippen LogP contribution in [0, 0.1) is 0 Å². The summed E-state index contributed by atoms with van der Waals surface area (Å²) in [6.07, 6.45) is -4.82. The first-order valence-corrected chi connectivity index (χ1v) is 11.1. The number of phosphoric ester groups is 2. The number of phosphoric acid groups is 2. The van der Waals surface area contributed by atoms with Gasteiger partial charge in [-0.15, -0.1) is 0 Å². The number of nitrogens with zero attached hydrogens (tertiary/aromatic N) is 2. The minimum atomic E-state index is -5.10. The molecule has 7 N–H and O–H groups in total. The summed E-state index contributed by atoms with van der Waals surface area (Å²) < 4.78 is 42.7. The van der Waals surface area contributed by atoms with Gasteiger partial charge in [-0.1, -0.05) is 0 Å². The Bertz CT molecular complexity index is 851. The zero-order chi connectivity index (χ0) is 21.8. The molecule has 1 fully saturated rings. The molecule has 1 aromatic heterocycles. The van der Waals surface area contributed by atoms with Crippen molar-refractivity contribution in [2.45, 2.75) is 24.5 Å². The quantitative estimate of drug-likeness (QED) is 0.163. The van der Waals surface area contributed by atoms with Crippen LogP contribution >= 0.6 is 15.6 Å². The summed E-state index contributed by atoms with van der Waals surface area (Å²) in [5.74, 6) is -0.0668. The molecule has 166 valence electrons. The van der Waals surface area contributed by atoms with Gasteiger partial charge in [0.1, 0.15) is 24.1 Å². The highest BCUT2D eigenvalue weighted by Gasteiger charge is 2.46. The zero-order valence-electron chi connectivity index (χ0n) is 15.1. The fourth-order valence-electron chi connectivity index (χ4n) is 2.32. The van der Waals surface area contributed by atoms with Crippen molar-refractivity contribution in [3.63, 3.8) is 0 Å². The lowest BCUT2D eigenvalue weighted by Crippen LogP contribution is -2.36. The molecule has 0 saturated carbocycles. The van der Waals surface area contributed by atoms with Gasteiger partial charge in [-0.2, -0.15) is 9.29 Å². The number of aliphatic hydroxyl groups is 2. The second-order valence-corrected chi connectivity index (χ2v) is 8.88. The molecule has 0 aliphatic carbocycles. The van der Waals surface area contributed by atoms with Crippen molar-refractivity contribution in [2.75, 3.05) is 32.5 Å². The third-order valence-electron chi connectivity index (χ3n) is 3.68. The van der Waals surface area contributed by atoms with Crippen LogP contribution in [0.25, 0.3) is 0 Å². The Morgan fingerprint density at radius 2 is 1.93 bits per heavy atom. The minimum Gasteiger partial charge on any atom is -0.387 e. The van der Waals surface area contributed by atoms with Gasteiger partial charge >= 0.3 is 21.3 Å². The largest absolute Gasteiger partial charge is 0.481 e. The number of nitrogens with one attached hydrogen (secondary N) is 1. The number of likely N-dealkylation sites (N-methyl/N-ethyl adjacent to an activating group) is 1. The number of rotatable bonds is 10. The monoisotopic (exact) mass is 460 g/mol. The Morgan fingerprint density at radius 3 is 2.55 bits per heavy atom. The number of hydrogen-bond donors (Lipinski definition) is 6. The van der Waals surface area contributed by atoms with Gasteiger partial charge in [0.2, 0.25) is 0 Å². The number of anilines is 1. The third kappa shape index (κ3) is 6.64. The maximum atomic E-state index is 11.9. The van der Waals surface area contributed by atoms with Crippen molar-refractivity contribution >= 4 is 21.5 Å². The van der Waals surface area contributed by atoms with E-state index in [1.807, 2.05) is 0 Å². The van der Waals surface area contributed by atoms with E-state index in [0.29, 0.717) is 0 Å². The van der Waals surface area contributed by atoms with Crippen molar-refractivity contribution in [3.05, 3.63) is 22.7 Å². The number of nitrogen functional groups attached to an aromatic ring is 1. The fourth-order valence-corrected chi connectivity index (χ4v) is 4.40. The molecule has 2 rings (SSSR count). The summed E-state index contributed by atoms with van der Waals surface area (Å²) in [5.41, 5.74) is 4.51. The average molecular weight is 460 g/mol. The second-order valence-electron chi connectivity index (χ2n) is 5.84. The maximum Gasteiger partial charge on any atom is 0.481 e. The molecule has 17 heteroatoms. The molecule has 15 nitrogen and oxygen atoms in total. The molecule has 0 amide bonds. The second kappa shape index (κ2) is 9.73. The molecular formula is C12H22N4O11P2. The lowest BCUT2D eigenvalue weighted by Gasteiger charge is -2.19. The van der Waals surface area contributed by atoms with Crippen LogP contribution in [0.4, 0.5) is 5.82 Å². The van der Waals surface area contributed by atoms with Gasteiger partial charge in [0, 0.05) is 12.7 Å². The van der Waals surface area contributed by atoms with Crippen molar-refractivity contribution in [2.24, 2.45) is 0 Å². The van der Waals surface area contributed by atoms with Gasteiger partial charge < -0.3 is 35.8 Å². The van der Waals surface area contributed by atoms with Gasteiger partial charge in [-0.25, -0.2) is 13.9 Å². The Labute approximate surface area is 164 Å².